The standard InChI is InChI=1S/C17H23NO/c1-5-18-17(12(2)3)15-7-6-14-11-16(19-4)9-8-13(14)10-15/h6-12,17-18H,5H2,1-4H3. The highest BCUT2D eigenvalue weighted by atomic mass is 16.5. The van der Waals surface area contributed by atoms with E-state index in [4.69, 9.17) is 4.74 Å². The van der Waals surface area contributed by atoms with Crippen LogP contribution in [0.5, 0.6) is 5.75 Å². The molecule has 1 atom stereocenters. The SMILES string of the molecule is CCNC(c1ccc2cc(OC)ccc2c1)C(C)C. The summed E-state index contributed by atoms with van der Waals surface area (Å²) in [6.07, 6.45) is 0. The predicted molar refractivity (Wildman–Crippen MR) is 81.8 cm³/mol. The van der Waals surface area contributed by atoms with Gasteiger partial charge in [0.05, 0.1) is 7.11 Å². The van der Waals surface area contributed by atoms with Crippen molar-refractivity contribution in [3.05, 3.63) is 42.0 Å². The van der Waals surface area contributed by atoms with Crippen LogP contribution in [0.3, 0.4) is 0 Å². The highest BCUT2D eigenvalue weighted by Crippen LogP contribution is 2.27. The van der Waals surface area contributed by atoms with Gasteiger partial charge in [-0.2, -0.15) is 0 Å². The number of fused-ring (bicyclic) bond motifs is 1. The fourth-order valence-corrected chi connectivity index (χ4v) is 2.52. The maximum absolute atomic E-state index is 5.26. The van der Waals surface area contributed by atoms with E-state index in [2.05, 4.69) is 56.4 Å². The quantitative estimate of drug-likeness (QED) is 0.868. The Hall–Kier alpha value is -1.54. The van der Waals surface area contributed by atoms with Crippen molar-refractivity contribution in [3.8, 4) is 5.75 Å². The number of rotatable bonds is 5. The van der Waals surface area contributed by atoms with Crippen molar-refractivity contribution in [2.45, 2.75) is 26.8 Å². The first-order chi connectivity index (χ1) is 9.15. The van der Waals surface area contributed by atoms with Crippen LogP contribution in [0, 0.1) is 5.92 Å². The Balaban J connectivity index is 2.40. The van der Waals surface area contributed by atoms with E-state index in [1.165, 1.54) is 16.3 Å². The molecule has 2 rings (SSSR count). The third-order valence-electron chi connectivity index (χ3n) is 3.52. The van der Waals surface area contributed by atoms with Crippen molar-refractivity contribution in [1.29, 1.82) is 0 Å². The minimum atomic E-state index is 0.413. The molecule has 1 N–H and O–H groups in total. The van der Waals surface area contributed by atoms with Crippen molar-refractivity contribution < 1.29 is 4.74 Å². The van der Waals surface area contributed by atoms with Crippen molar-refractivity contribution >= 4 is 10.8 Å². The zero-order valence-electron chi connectivity index (χ0n) is 12.2. The smallest absolute Gasteiger partial charge is 0.119 e. The van der Waals surface area contributed by atoms with Crippen LogP contribution in [0.1, 0.15) is 32.4 Å². The van der Waals surface area contributed by atoms with Gasteiger partial charge >= 0.3 is 0 Å². The lowest BCUT2D eigenvalue weighted by Gasteiger charge is -2.22. The number of methoxy groups -OCH3 is 1. The molecule has 0 fully saturated rings. The van der Waals surface area contributed by atoms with Crippen molar-refractivity contribution in [2.24, 2.45) is 5.92 Å². The second-order valence-corrected chi connectivity index (χ2v) is 5.25. The number of nitrogens with one attached hydrogen (secondary N) is 1. The summed E-state index contributed by atoms with van der Waals surface area (Å²) >= 11 is 0. The van der Waals surface area contributed by atoms with Gasteiger partial charge in [-0.1, -0.05) is 39.0 Å². The molecule has 0 saturated carbocycles. The van der Waals surface area contributed by atoms with Gasteiger partial charge in [0.2, 0.25) is 0 Å². The van der Waals surface area contributed by atoms with E-state index in [0.717, 1.165) is 12.3 Å². The summed E-state index contributed by atoms with van der Waals surface area (Å²) in [4.78, 5) is 0. The van der Waals surface area contributed by atoms with Gasteiger partial charge in [0.15, 0.2) is 0 Å². The van der Waals surface area contributed by atoms with Crippen molar-refractivity contribution in [2.75, 3.05) is 13.7 Å². The van der Waals surface area contributed by atoms with Crippen molar-refractivity contribution in [1.82, 2.24) is 5.32 Å². The molecule has 0 aliphatic carbocycles. The Morgan fingerprint density at radius 3 is 2.37 bits per heavy atom. The van der Waals surface area contributed by atoms with Gasteiger partial charge < -0.3 is 10.1 Å². The van der Waals surface area contributed by atoms with Crippen LogP contribution in [-0.2, 0) is 0 Å². The Labute approximate surface area is 115 Å². The Kier molecular flexibility index (Phi) is 4.43. The van der Waals surface area contributed by atoms with Crippen LogP contribution in [0.25, 0.3) is 10.8 Å². The summed E-state index contributed by atoms with van der Waals surface area (Å²) in [5, 5.41) is 6.05. The van der Waals surface area contributed by atoms with Crippen LogP contribution in [0.15, 0.2) is 36.4 Å². The van der Waals surface area contributed by atoms with Gasteiger partial charge in [0, 0.05) is 6.04 Å². The zero-order valence-corrected chi connectivity index (χ0v) is 12.2. The van der Waals surface area contributed by atoms with Crippen LogP contribution in [0.2, 0.25) is 0 Å². The summed E-state index contributed by atoms with van der Waals surface area (Å²) in [7, 11) is 1.70. The summed E-state index contributed by atoms with van der Waals surface area (Å²) in [5.74, 6) is 1.49. The van der Waals surface area contributed by atoms with Gasteiger partial charge in [-0.3, -0.25) is 0 Å². The molecule has 0 aliphatic heterocycles. The summed E-state index contributed by atoms with van der Waals surface area (Å²) in [5.41, 5.74) is 1.36. The van der Waals surface area contributed by atoms with Gasteiger partial charge in [-0.05, 0) is 47.0 Å². The monoisotopic (exact) mass is 257 g/mol. The molecule has 1 unspecified atom stereocenters. The molecular weight excluding hydrogens is 234 g/mol. The van der Waals surface area contributed by atoms with Gasteiger partial charge in [0.25, 0.3) is 0 Å². The first-order valence-electron chi connectivity index (χ1n) is 6.96. The molecule has 2 nitrogen and oxygen atoms in total. The maximum Gasteiger partial charge on any atom is 0.119 e. The molecule has 0 radical (unpaired) electrons. The summed E-state index contributed by atoms with van der Waals surface area (Å²) < 4.78 is 5.26. The Morgan fingerprint density at radius 1 is 1.05 bits per heavy atom. The summed E-state index contributed by atoms with van der Waals surface area (Å²) in [6, 6.07) is 13.3. The molecule has 0 bridgehead atoms. The van der Waals surface area contributed by atoms with Crippen molar-refractivity contribution in [3.63, 3.8) is 0 Å². The molecule has 2 aromatic rings. The topological polar surface area (TPSA) is 21.3 Å². The fraction of sp³-hybridized carbons (Fsp3) is 0.412. The molecular formula is C17H23NO. The third kappa shape index (κ3) is 3.07. The second kappa shape index (κ2) is 6.07. The maximum atomic E-state index is 5.26. The number of hydrogen-bond donors (Lipinski definition) is 1. The molecule has 0 amide bonds. The first kappa shape index (κ1) is 13.9. The highest BCUT2D eigenvalue weighted by molar-refractivity contribution is 5.84. The number of hydrogen-bond acceptors (Lipinski definition) is 2. The zero-order chi connectivity index (χ0) is 13.8. The van der Waals surface area contributed by atoms with E-state index in [1.54, 1.807) is 7.11 Å². The molecule has 0 saturated heterocycles. The highest BCUT2D eigenvalue weighted by Gasteiger charge is 2.14. The molecule has 0 spiro atoms. The molecule has 102 valence electrons. The largest absolute Gasteiger partial charge is 0.497 e. The van der Waals surface area contributed by atoms with E-state index < -0.39 is 0 Å². The lowest BCUT2D eigenvalue weighted by molar-refractivity contribution is 0.415. The average molecular weight is 257 g/mol. The van der Waals surface area contributed by atoms with E-state index >= 15 is 0 Å². The average Bonchev–Trinajstić information content (AvgIpc) is 2.43. The van der Waals surface area contributed by atoms with E-state index in [-0.39, 0.29) is 0 Å². The lowest BCUT2D eigenvalue weighted by atomic mass is 9.94. The second-order valence-electron chi connectivity index (χ2n) is 5.25. The van der Waals surface area contributed by atoms with E-state index in [9.17, 15) is 0 Å². The Morgan fingerprint density at radius 2 is 1.74 bits per heavy atom. The molecule has 19 heavy (non-hydrogen) atoms. The Bertz CT molecular complexity index is 548. The van der Waals surface area contributed by atoms with Gasteiger partial charge in [0.1, 0.15) is 5.75 Å². The van der Waals surface area contributed by atoms with Gasteiger partial charge in [-0.15, -0.1) is 0 Å². The fourth-order valence-electron chi connectivity index (χ4n) is 2.52. The van der Waals surface area contributed by atoms with Gasteiger partial charge in [-0.25, -0.2) is 0 Å². The normalized spacial score (nSPS) is 12.9. The van der Waals surface area contributed by atoms with Crippen LogP contribution in [-0.4, -0.2) is 13.7 Å². The minimum Gasteiger partial charge on any atom is -0.497 e. The molecule has 0 aliphatic rings. The first-order valence-corrected chi connectivity index (χ1v) is 6.96. The molecule has 0 aromatic heterocycles. The van der Waals surface area contributed by atoms with E-state index in [0.29, 0.717) is 12.0 Å². The third-order valence-corrected chi connectivity index (χ3v) is 3.52. The number of ether oxygens (including phenoxy) is 1. The molecule has 2 heteroatoms. The predicted octanol–water partition coefficient (Wildman–Crippen LogP) is 4.16. The van der Waals surface area contributed by atoms with Crippen LogP contribution >= 0.6 is 0 Å². The molecule has 2 aromatic carbocycles. The molecule has 0 heterocycles. The van der Waals surface area contributed by atoms with E-state index in [1.807, 2.05) is 6.07 Å². The summed E-state index contributed by atoms with van der Waals surface area (Å²) in [6.45, 7) is 7.65. The minimum absolute atomic E-state index is 0.413. The van der Waals surface area contributed by atoms with Crippen LogP contribution in [0.4, 0.5) is 0 Å². The lowest BCUT2D eigenvalue weighted by Crippen LogP contribution is -2.25. The number of benzene rings is 2. The van der Waals surface area contributed by atoms with Crippen LogP contribution < -0.4 is 10.1 Å².